The van der Waals surface area contributed by atoms with Crippen LogP contribution in [-0.2, 0) is 0 Å². The van der Waals surface area contributed by atoms with Gasteiger partial charge >= 0.3 is 0 Å². The second-order valence-corrected chi connectivity index (χ2v) is 2.69. The molecular weight excluding hydrogens is 220 g/mol. The largest absolute Gasteiger partial charge is 0.339 e. The first-order chi connectivity index (χ1) is 5.74. The maximum atomic E-state index is 8.58. The summed E-state index contributed by atoms with van der Waals surface area (Å²) in [4.78, 5) is 2.58. The van der Waals surface area contributed by atoms with Crippen molar-refractivity contribution in [2.24, 2.45) is 0 Å². The van der Waals surface area contributed by atoms with Crippen LogP contribution < -0.4 is 0 Å². The third-order valence-electron chi connectivity index (χ3n) is 1.29. The summed E-state index contributed by atoms with van der Waals surface area (Å²) in [6.07, 6.45) is 0. The average Bonchev–Trinajstić information content (AvgIpc) is 2.40. The number of hydrogen-bond donors (Lipinski definition) is 1. The van der Waals surface area contributed by atoms with E-state index in [9.17, 15) is 0 Å². The summed E-state index contributed by atoms with van der Waals surface area (Å²) >= 11 is 3.03. The van der Waals surface area contributed by atoms with Crippen LogP contribution in [0.1, 0.15) is 16.8 Å². The fourth-order valence-electron chi connectivity index (χ4n) is 0.770. The van der Waals surface area contributed by atoms with Gasteiger partial charge in [0.25, 0.3) is 0 Å². The Bertz CT molecular complexity index is 438. The van der Waals surface area contributed by atoms with Crippen LogP contribution in [0.15, 0.2) is 4.60 Å². The van der Waals surface area contributed by atoms with Gasteiger partial charge in [0.05, 0.1) is 0 Å². The Morgan fingerprint density at radius 1 is 1.00 bits per heavy atom. The Balaban J connectivity index is 3.54. The normalized spacial score (nSPS) is 8.17. The predicted octanol–water partition coefficient (Wildman–Crippen LogP) is 1.39. The molecule has 0 saturated carbocycles. The molecule has 1 aromatic rings. The molecular formula is C7HBrN4. The molecule has 5 heteroatoms. The lowest BCUT2D eigenvalue weighted by molar-refractivity contribution is 1.29. The zero-order valence-electron chi connectivity index (χ0n) is 5.72. The van der Waals surface area contributed by atoms with E-state index in [0.717, 1.165) is 0 Å². The second-order valence-electron chi connectivity index (χ2n) is 1.90. The highest BCUT2D eigenvalue weighted by Gasteiger charge is 2.14. The molecule has 0 unspecified atom stereocenters. The first-order valence-corrected chi connectivity index (χ1v) is 3.65. The predicted molar refractivity (Wildman–Crippen MR) is 42.6 cm³/mol. The smallest absolute Gasteiger partial charge is 0.137 e. The number of rotatable bonds is 0. The second kappa shape index (κ2) is 3.09. The Labute approximate surface area is 76.8 Å². The van der Waals surface area contributed by atoms with Crippen molar-refractivity contribution in [1.29, 1.82) is 15.8 Å². The molecule has 0 aromatic carbocycles. The quantitative estimate of drug-likeness (QED) is 0.717. The summed E-state index contributed by atoms with van der Waals surface area (Å²) in [6.45, 7) is 0. The van der Waals surface area contributed by atoms with Gasteiger partial charge in [-0.05, 0) is 15.9 Å². The van der Waals surface area contributed by atoms with Crippen molar-refractivity contribution in [3.05, 3.63) is 21.4 Å². The molecule has 1 N–H and O–H groups in total. The third kappa shape index (κ3) is 1.05. The number of H-pyrrole nitrogens is 1. The standard InChI is InChI=1S/C7HBrN4/c8-7-5(2-10)4(1-9)6(3-11)12-7/h12H. The van der Waals surface area contributed by atoms with Crippen LogP contribution in [0.2, 0.25) is 0 Å². The molecule has 1 rings (SSSR count). The van der Waals surface area contributed by atoms with Crippen LogP contribution in [0.5, 0.6) is 0 Å². The van der Waals surface area contributed by atoms with Crippen LogP contribution in [0.3, 0.4) is 0 Å². The molecule has 0 saturated heterocycles. The molecule has 0 spiro atoms. The van der Waals surface area contributed by atoms with Gasteiger partial charge in [0.15, 0.2) is 0 Å². The molecule has 0 bridgehead atoms. The molecule has 1 heterocycles. The van der Waals surface area contributed by atoms with Gasteiger partial charge in [-0.25, -0.2) is 0 Å². The number of aromatic amines is 1. The number of hydrogen-bond acceptors (Lipinski definition) is 3. The van der Waals surface area contributed by atoms with Gasteiger partial charge in [0.1, 0.15) is 39.6 Å². The topological polar surface area (TPSA) is 87.2 Å². The van der Waals surface area contributed by atoms with Crippen LogP contribution in [0.25, 0.3) is 0 Å². The lowest BCUT2D eigenvalue weighted by Crippen LogP contribution is -1.79. The van der Waals surface area contributed by atoms with Gasteiger partial charge in [0, 0.05) is 0 Å². The first-order valence-electron chi connectivity index (χ1n) is 2.86. The lowest BCUT2D eigenvalue weighted by atomic mass is 10.2. The van der Waals surface area contributed by atoms with E-state index in [1.807, 2.05) is 6.07 Å². The fourth-order valence-corrected chi connectivity index (χ4v) is 1.26. The van der Waals surface area contributed by atoms with Crippen molar-refractivity contribution in [1.82, 2.24) is 4.98 Å². The number of aromatic nitrogens is 1. The average molecular weight is 221 g/mol. The molecule has 1 aromatic heterocycles. The maximum absolute atomic E-state index is 8.58. The Morgan fingerprint density at radius 3 is 2.00 bits per heavy atom. The molecule has 0 aliphatic carbocycles. The van der Waals surface area contributed by atoms with Crippen molar-refractivity contribution in [3.8, 4) is 18.2 Å². The first kappa shape index (κ1) is 8.33. The van der Waals surface area contributed by atoms with E-state index in [1.165, 1.54) is 0 Å². The van der Waals surface area contributed by atoms with Crippen molar-refractivity contribution in [2.75, 3.05) is 0 Å². The van der Waals surface area contributed by atoms with E-state index in [-0.39, 0.29) is 16.8 Å². The molecule has 0 aliphatic rings. The van der Waals surface area contributed by atoms with Gasteiger partial charge < -0.3 is 4.98 Å². The van der Waals surface area contributed by atoms with Crippen molar-refractivity contribution in [3.63, 3.8) is 0 Å². The highest BCUT2D eigenvalue weighted by Crippen LogP contribution is 2.21. The van der Waals surface area contributed by atoms with Crippen LogP contribution in [0.4, 0.5) is 0 Å². The summed E-state index contributed by atoms with van der Waals surface area (Å²) in [5, 5.41) is 25.7. The van der Waals surface area contributed by atoms with Crippen LogP contribution in [-0.4, -0.2) is 4.98 Å². The van der Waals surface area contributed by atoms with E-state index >= 15 is 0 Å². The molecule has 0 fully saturated rings. The van der Waals surface area contributed by atoms with Crippen LogP contribution in [0, 0.1) is 34.0 Å². The minimum absolute atomic E-state index is 0.0897. The van der Waals surface area contributed by atoms with Gasteiger partial charge in [-0.2, -0.15) is 15.8 Å². The van der Waals surface area contributed by atoms with Crippen molar-refractivity contribution < 1.29 is 0 Å². The Kier molecular flexibility index (Phi) is 2.14. The summed E-state index contributed by atoms with van der Waals surface area (Å²) in [5.74, 6) is 0. The zero-order chi connectivity index (χ0) is 9.14. The number of nitriles is 3. The maximum Gasteiger partial charge on any atom is 0.137 e. The summed E-state index contributed by atoms with van der Waals surface area (Å²) in [5.41, 5.74) is 0.377. The molecule has 56 valence electrons. The third-order valence-corrected chi connectivity index (χ3v) is 1.88. The van der Waals surface area contributed by atoms with E-state index in [4.69, 9.17) is 15.8 Å². The molecule has 0 amide bonds. The summed E-state index contributed by atoms with van der Waals surface area (Å²) in [6, 6.07) is 5.38. The molecule has 0 radical (unpaired) electrons. The Morgan fingerprint density at radius 2 is 1.58 bits per heavy atom. The summed E-state index contributed by atoms with van der Waals surface area (Å²) in [7, 11) is 0. The highest BCUT2D eigenvalue weighted by molar-refractivity contribution is 9.10. The summed E-state index contributed by atoms with van der Waals surface area (Å²) < 4.78 is 0.373. The SMILES string of the molecule is N#Cc1[nH]c(Br)c(C#N)c1C#N. The van der Waals surface area contributed by atoms with E-state index in [1.54, 1.807) is 12.1 Å². The number of nitrogens with zero attached hydrogens (tertiary/aromatic N) is 3. The minimum Gasteiger partial charge on any atom is -0.339 e. The fraction of sp³-hybridized carbons (Fsp3) is 0. The minimum atomic E-state index is 0.0897. The molecule has 12 heavy (non-hydrogen) atoms. The monoisotopic (exact) mass is 220 g/mol. The molecule has 4 nitrogen and oxygen atoms in total. The van der Waals surface area contributed by atoms with E-state index in [0.29, 0.717) is 4.60 Å². The highest BCUT2D eigenvalue weighted by atomic mass is 79.9. The number of halogens is 1. The molecule has 0 atom stereocenters. The van der Waals surface area contributed by atoms with Crippen molar-refractivity contribution >= 4 is 15.9 Å². The zero-order valence-corrected chi connectivity index (χ0v) is 7.31. The van der Waals surface area contributed by atoms with Crippen molar-refractivity contribution in [2.45, 2.75) is 0 Å². The number of nitrogens with one attached hydrogen (secondary N) is 1. The lowest BCUT2D eigenvalue weighted by Gasteiger charge is -1.80. The molecule has 0 aliphatic heterocycles. The van der Waals surface area contributed by atoms with Gasteiger partial charge in [-0.3, -0.25) is 0 Å². The van der Waals surface area contributed by atoms with Gasteiger partial charge in [0.2, 0.25) is 0 Å². The van der Waals surface area contributed by atoms with Gasteiger partial charge in [-0.15, -0.1) is 0 Å². The van der Waals surface area contributed by atoms with Crippen LogP contribution >= 0.6 is 15.9 Å². The van der Waals surface area contributed by atoms with E-state index in [2.05, 4.69) is 20.9 Å². The van der Waals surface area contributed by atoms with Gasteiger partial charge in [-0.1, -0.05) is 0 Å². The Hall–Kier alpha value is -1.77. The van der Waals surface area contributed by atoms with E-state index < -0.39 is 0 Å².